The molecule has 0 bridgehead atoms. The maximum atomic E-state index is 13.0. The Balaban J connectivity index is 1.57. The van der Waals surface area contributed by atoms with Gasteiger partial charge in [-0.15, -0.1) is 0 Å². The summed E-state index contributed by atoms with van der Waals surface area (Å²) >= 11 is 0. The van der Waals surface area contributed by atoms with Crippen LogP contribution in [0.2, 0.25) is 0 Å². The number of piperidine rings is 1. The first-order valence-electron chi connectivity index (χ1n) is 11.0. The Morgan fingerprint density at radius 2 is 2.18 bits per heavy atom. The van der Waals surface area contributed by atoms with Crippen molar-refractivity contribution in [1.82, 2.24) is 14.8 Å². The van der Waals surface area contributed by atoms with Crippen LogP contribution >= 0.6 is 0 Å². The number of ketones is 1. The smallest absolute Gasteiger partial charge is 0.222 e. The minimum Gasteiger partial charge on any atom is -0.343 e. The number of likely N-dealkylation sites (tertiary alicyclic amines) is 1. The summed E-state index contributed by atoms with van der Waals surface area (Å²) in [5.74, 6) is 1.48. The van der Waals surface area contributed by atoms with Gasteiger partial charge in [-0.3, -0.25) is 19.5 Å². The van der Waals surface area contributed by atoms with Gasteiger partial charge >= 0.3 is 0 Å². The first kappa shape index (κ1) is 21.0. The molecule has 1 amide bonds. The van der Waals surface area contributed by atoms with E-state index in [0.717, 1.165) is 64.0 Å². The topological polar surface area (TPSA) is 53.5 Å². The first-order valence-corrected chi connectivity index (χ1v) is 11.0. The van der Waals surface area contributed by atoms with Gasteiger partial charge in [-0.1, -0.05) is 13.0 Å². The zero-order valence-corrected chi connectivity index (χ0v) is 17.5. The van der Waals surface area contributed by atoms with Crippen LogP contribution in [0.15, 0.2) is 24.4 Å². The van der Waals surface area contributed by atoms with Crippen LogP contribution in [0, 0.1) is 11.8 Å². The summed E-state index contributed by atoms with van der Waals surface area (Å²) < 4.78 is 0. The van der Waals surface area contributed by atoms with E-state index in [4.69, 9.17) is 0 Å². The van der Waals surface area contributed by atoms with Crippen molar-refractivity contribution >= 4 is 11.7 Å². The highest BCUT2D eigenvalue weighted by Crippen LogP contribution is 2.37. The van der Waals surface area contributed by atoms with Crippen molar-refractivity contribution in [3.63, 3.8) is 0 Å². The molecule has 0 N–H and O–H groups in total. The Kier molecular flexibility index (Phi) is 7.60. The minimum absolute atomic E-state index is 0.250. The predicted octanol–water partition coefficient (Wildman–Crippen LogP) is 3.33. The molecule has 5 heteroatoms. The number of aromatic nitrogens is 1. The van der Waals surface area contributed by atoms with Crippen LogP contribution in [0.4, 0.5) is 0 Å². The number of hydrogen-bond donors (Lipinski definition) is 0. The Morgan fingerprint density at radius 1 is 1.32 bits per heavy atom. The second-order valence-corrected chi connectivity index (χ2v) is 8.45. The third kappa shape index (κ3) is 5.40. The molecule has 3 atom stereocenters. The molecule has 2 aliphatic rings. The van der Waals surface area contributed by atoms with Gasteiger partial charge in [-0.2, -0.15) is 0 Å². The average molecular weight is 386 g/mol. The van der Waals surface area contributed by atoms with E-state index in [9.17, 15) is 9.59 Å². The van der Waals surface area contributed by atoms with E-state index < -0.39 is 0 Å². The van der Waals surface area contributed by atoms with Crippen molar-refractivity contribution in [2.75, 3.05) is 26.2 Å². The molecule has 1 aliphatic carbocycles. The lowest BCUT2D eigenvalue weighted by atomic mass is 9.73. The predicted molar refractivity (Wildman–Crippen MR) is 111 cm³/mol. The molecular formula is C23H35N3O2. The molecule has 1 aliphatic heterocycles. The monoisotopic (exact) mass is 385 g/mol. The quantitative estimate of drug-likeness (QED) is 0.689. The molecule has 3 rings (SSSR count). The van der Waals surface area contributed by atoms with Gasteiger partial charge in [-0.25, -0.2) is 0 Å². The number of rotatable bonds is 8. The van der Waals surface area contributed by atoms with Crippen LogP contribution in [-0.2, 0) is 16.0 Å². The van der Waals surface area contributed by atoms with Crippen molar-refractivity contribution in [1.29, 1.82) is 0 Å². The van der Waals surface area contributed by atoms with Crippen LogP contribution in [0.1, 0.15) is 58.1 Å². The highest BCUT2D eigenvalue weighted by Gasteiger charge is 2.39. The molecule has 0 spiro atoms. The number of pyridine rings is 1. The minimum atomic E-state index is 0.250. The summed E-state index contributed by atoms with van der Waals surface area (Å²) in [6.07, 6.45) is 7.83. The number of nitrogens with zero attached hydrogens (tertiary/aromatic N) is 3. The van der Waals surface area contributed by atoms with Crippen molar-refractivity contribution in [2.45, 2.75) is 64.8 Å². The lowest BCUT2D eigenvalue weighted by Gasteiger charge is -2.47. The highest BCUT2D eigenvalue weighted by molar-refractivity contribution is 5.79. The lowest BCUT2D eigenvalue weighted by Crippen LogP contribution is -2.52. The number of hydrogen-bond acceptors (Lipinski definition) is 4. The van der Waals surface area contributed by atoms with E-state index in [2.05, 4.69) is 23.7 Å². The summed E-state index contributed by atoms with van der Waals surface area (Å²) in [6.45, 7) is 7.82. The molecule has 0 aromatic carbocycles. The molecule has 0 radical (unpaired) electrons. The summed E-state index contributed by atoms with van der Waals surface area (Å²) in [6, 6.07) is 6.48. The van der Waals surface area contributed by atoms with Gasteiger partial charge in [0.2, 0.25) is 5.91 Å². The van der Waals surface area contributed by atoms with Gasteiger partial charge in [0.05, 0.1) is 0 Å². The molecule has 1 saturated carbocycles. The normalized spacial score (nSPS) is 25.4. The number of likely N-dealkylation sites (N-methyl/N-ethyl adjacent to an activating group) is 1. The number of fused-ring (bicyclic) bond motifs is 1. The van der Waals surface area contributed by atoms with Gasteiger partial charge < -0.3 is 4.90 Å². The summed E-state index contributed by atoms with van der Waals surface area (Å²) in [5, 5.41) is 0. The average Bonchev–Trinajstić information content (AvgIpc) is 2.69. The standard InChI is InChI=1S/C23H35N3O2/c1-3-12-26-17-18(14-19-16-21(27)8-9-22(19)26)15-23(28)25(4-2)13-10-20-7-5-6-11-24-20/h5-7,11,18-19,22H,3-4,8-10,12-17H2,1-2H3/t18-,19-,22-/m1/s1. The fraction of sp³-hybridized carbons (Fsp3) is 0.696. The Labute approximate surface area is 169 Å². The number of amides is 1. The van der Waals surface area contributed by atoms with Gasteiger partial charge in [0.25, 0.3) is 0 Å². The Hall–Kier alpha value is -1.75. The largest absolute Gasteiger partial charge is 0.343 e. The number of carbonyl (C=O) groups excluding carboxylic acids is 2. The molecule has 5 nitrogen and oxygen atoms in total. The van der Waals surface area contributed by atoms with E-state index in [1.807, 2.05) is 23.1 Å². The SMILES string of the molecule is CCCN1C[C@@H](CC(=O)N(CC)CCc2ccccn2)C[C@@H]2CC(=O)CC[C@H]21. The third-order valence-corrected chi connectivity index (χ3v) is 6.42. The van der Waals surface area contributed by atoms with Crippen LogP contribution in [0.5, 0.6) is 0 Å². The van der Waals surface area contributed by atoms with E-state index in [-0.39, 0.29) is 5.91 Å². The zero-order valence-electron chi connectivity index (χ0n) is 17.5. The molecule has 2 heterocycles. The van der Waals surface area contributed by atoms with E-state index in [1.165, 1.54) is 0 Å². The summed E-state index contributed by atoms with van der Waals surface area (Å²) in [7, 11) is 0. The van der Waals surface area contributed by atoms with E-state index in [1.54, 1.807) is 6.20 Å². The molecule has 1 saturated heterocycles. The van der Waals surface area contributed by atoms with Crippen molar-refractivity contribution < 1.29 is 9.59 Å². The lowest BCUT2D eigenvalue weighted by molar-refractivity contribution is -0.133. The summed E-state index contributed by atoms with van der Waals surface area (Å²) in [5.41, 5.74) is 1.03. The second-order valence-electron chi connectivity index (χ2n) is 8.45. The molecule has 154 valence electrons. The second kappa shape index (κ2) is 10.1. The van der Waals surface area contributed by atoms with Crippen molar-refractivity contribution in [3.8, 4) is 0 Å². The molecule has 0 unspecified atom stereocenters. The van der Waals surface area contributed by atoms with Crippen LogP contribution < -0.4 is 0 Å². The maximum Gasteiger partial charge on any atom is 0.222 e. The molecule has 1 aromatic heterocycles. The number of Topliss-reactive ketones (excluding diaryl/α,β-unsaturated/α-hetero) is 1. The fourth-order valence-corrected chi connectivity index (χ4v) is 5.09. The van der Waals surface area contributed by atoms with Crippen molar-refractivity contribution in [2.24, 2.45) is 11.8 Å². The fourth-order valence-electron chi connectivity index (χ4n) is 5.09. The van der Waals surface area contributed by atoms with Gasteiger partial charge in [0.15, 0.2) is 0 Å². The molecular weight excluding hydrogens is 350 g/mol. The molecule has 28 heavy (non-hydrogen) atoms. The Bertz CT molecular complexity index is 649. The first-order chi connectivity index (χ1) is 13.6. The maximum absolute atomic E-state index is 13.0. The molecule has 2 fully saturated rings. The zero-order chi connectivity index (χ0) is 19.9. The van der Waals surface area contributed by atoms with E-state index in [0.29, 0.717) is 36.5 Å². The number of carbonyl (C=O) groups is 2. The van der Waals surface area contributed by atoms with Crippen LogP contribution in [0.3, 0.4) is 0 Å². The summed E-state index contributed by atoms with van der Waals surface area (Å²) in [4.78, 5) is 33.9. The van der Waals surface area contributed by atoms with Crippen LogP contribution in [-0.4, -0.2) is 58.7 Å². The van der Waals surface area contributed by atoms with Crippen LogP contribution in [0.25, 0.3) is 0 Å². The van der Waals surface area contributed by atoms with Gasteiger partial charge in [0.1, 0.15) is 5.78 Å². The Morgan fingerprint density at radius 3 is 2.89 bits per heavy atom. The van der Waals surface area contributed by atoms with E-state index >= 15 is 0 Å². The van der Waals surface area contributed by atoms with Crippen molar-refractivity contribution in [3.05, 3.63) is 30.1 Å². The van der Waals surface area contributed by atoms with Gasteiger partial charge in [0, 0.05) is 63.3 Å². The third-order valence-electron chi connectivity index (χ3n) is 6.42. The highest BCUT2D eigenvalue weighted by atomic mass is 16.2. The molecule has 1 aromatic rings. The van der Waals surface area contributed by atoms with Gasteiger partial charge in [-0.05, 0) is 56.7 Å².